The summed E-state index contributed by atoms with van der Waals surface area (Å²) in [5.74, 6) is 1.94. The van der Waals surface area contributed by atoms with Gasteiger partial charge in [-0.05, 0) is 24.8 Å². The summed E-state index contributed by atoms with van der Waals surface area (Å²) >= 11 is 0. The van der Waals surface area contributed by atoms with Gasteiger partial charge in [0.25, 0.3) is 0 Å². The Morgan fingerprint density at radius 3 is 2.81 bits per heavy atom. The van der Waals surface area contributed by atoms with E-state index < -0.39 is 0 Å². The van der Waals surface area contributed by atoms with Crippen molar-refractivity contribution in [2.24, 2.45) is 5.41 Å². The summed E-state index contributed by atoms with van der Waals surface area (Å²) in [6.07, 6.45) is 1.87. The molecule has 5 heteroatoms. The number of ether oxygens (including phenoxy) is 1. The lowest BCUT2D eigenvalue weighted by atomic mass is 9.75. The Hall–Kier alpha value is -1.49. The highest BCUT2D eigenvalue weighted by atomic mass is 16.5. The monoisotopic (exact) mass is 292 g/mol. The van der Waals surface area contributed by atoms with Crippen LogP contribution in [0, 0.1) is 12.3 Å². The molecule has 1 aromatic rings. The van der Waals surface area contributed by atoms with Gasteiger partial charge < -0.3 is 19.4 Å². The number of fused-ring (bicyclic) bond motifs is 1. The zero-order valence-electron chi connectivity index (χ0n) is 13.1. The second-order valence-electron chi connectivity index (χ2n) is 6.88. The summed E-state index contributed by atoms with van der Waals surface area (Å²) < 4.78 is 11.1. The van der Waals surface area contributed by atoms with Crippen LogP contribution in [0.5, 0.6) is 0 Å². The lowest BCUT2D eigenvalue weighted by molar-refractivity contribution is 0.0518. The molecule has 2 amide bonds. The minimum atomic E-state index is 0.00537. The van der Waals surface area contributed by atoms with E-state index in [1.165, 1.54) is 0 Å². The van der Waals surface area contributed by atoms with Crippen LogP contribution in [0.3, 0.4) is 0 Å². The number of rotatable bonds is 1. The van der Waals surface area contributed by atoms with Gasteiger partial charge in [-0.15, -0.1) is 0 Å². The Bertz CT molecular complexity index is 530. The molecule has 5 nitrogen and oxygen atoms in total. The van der Waals surface area contributed by atoms with Crippen LogP contribution in [-0.2, 0) is 11.2 Å². The van der Waals surface area contributed by atoms with Crippen molar-refractivity contribution in [2.75, 3.05) is 26.3 Å². The number of carbonyl (C=O) groups is 1. The Labute approximate surface area is 125 Å². The molecule has 1 saturated heterocycles. The molecule has 1 aromatic heterocycles. The van der Waals surface area contributed by atoms with E-state index in [2.05, 4.69) is 25.2 Å². The fraction of sp³-hybridized carbons (Fsp3) is 0.688. The van der Waals surface area contributed by atoms with Gasteiger partial charge in [0.05, 0.1) is 19.3 Å². The molecule has 0 aromatic carbocycles. The van der Waals surface area contributed by atoms with E-state index in [0.717, 1.165) is 29.9 Å². The van der Waals surface area contributed by atoms with Crippen molar-refractivity contribution in [1.82, 2.24) is 10.2 Å². The van der Waals surface area contributed by atoms with Gasteiger partial charge in [0, 0.05) is 25.1 Å². The van der Waals surface area contributed by atoms with Crippen molar-refractivity contribution in [1.29, 1.82) is 0 Å². The third kappa shape index (κ3) is 3.07. The molecule has 0 spiro atoms. The summed E-state index contributed by atoms with van der Waals surface area (Å²) in [6.45, 7) is 8.99. The average Bonchev–Trinajstić information content (AvgIpc) is 2.78. The highest BCUT2D eigenvalue weighted by molar-refractivity contribution is 5.75. The second-order valence-corrected chi connectivity index (χ2v) is 6.88. The zero-order chi connectivity index (χ0) is 15.0. The quantitative estimate of drug-likeness (QED) is 0.865. The van der Waals surface area contributed by atoms with E-state index in [0.29, 0.717) is 26.3 Å². The van der Waals surface area contributed by atoms with Gasteiger partial charge >= 0.3 is 6.03 Å². The van der Waals surface area contributed by atoms with Gasteiger partial charge in [-0.25, -0.2) is 4.79 Å². The van der Waals surface area contributed by atoms with Crippen LogP contribution >= 0.6 is 0 Å². The first kappa shape index (κ1) is 14.4. The maximum atomic E-state index is 12.4. The van der Waals surface area contributed by atoms with E-state index in [9.17, 15) is 4.79 Å². The van der Waals surface area contributed by atoms with Gasteiger partial charge in [-0.2, -0.15) is 0 Å². The number of nitrogens with zero attached hydrogens (tertiary/aromatic N) is 1. The molecule has 1 aliphatic heterocycles. The second kappa shape index (κ2) is 5.37. The molecule has 3 rings (SSSR count). The predicted octanol–water partition coefficient (Wildman–Crippen LogP) is 2.64. The standard InChI is InChI=1S/C16H24N2O3/c1-11-8-12-13(9-16(2,3)10-14(12)21-11)17-15(19)18-4-6-20-7-5-18/h8,13H,4-7,9-10H2,1-3H3,(H,17,19)/t13-/m0/s1. The van der Waals surface area contributed by atoms with Gasteiger partial charge in [0.1, 0.15) is 11.5 Å². The fourth-order valence-electron chi connectivity index (χ4n) is 3.32. The molecule has 1 N–H and O–H groups in total. The van der Waals surface area contributed by atoms with Crippen molar-refractivity contribution in [3.8, 4) is 0 Å². The molecule has 0 bridgehead atoms. The lowest BCUT2D eigenvalue weighted by Crippen LogP contribution is -2.48. The highest BCUT2D eigenvalue weighted by Gasteiger charge is 2.36. The minimum Gasteiger partial charge on any atom is -0.466 e. The highest BCUT2D eigenvalue weighted by Crippen LogP contribution is 2.42. The van der Waals surface area contributed by atoms with Gasteiger partial charge in [0.2, 0.25) is 0 Å². The molecule has 2 heterocycles. The Kier molecular flexibility index (Phi) is 3.69. The third-order valence-electron chi connectivity index (χ3n) is 4.33. The molecular formula is C16H24N2O3. The van der Waals surface area contributed by atoms with Crippen LogP contribution in [0.1, 0.15) is 43.4 Å². The van der Waals surface area contributed by atoms with Crippen LogP contribution in [0.4, 0.5) is 4.79 Å². The van der Waals surface area contributed by atoms with Crippen LogP contribution in [0.15, 0.2) is 10.5 Å². The zero-order valence-corrected chi connectivity index (χ0v) is 13.1. The number of carbonyl (C=O) groups excluding carboxylic acids is 1. The SMILES string of the molecule is Cc1cc2c(o1)CC(C)(C)C[C@@H]2NC(=O)N1CCOCC1. The normalized spacial score (nSPS) is 24.5. The first-order valence-corrected chi connectivity index (χ1v) is 7.67. The van der Waals surface area contributed by atoms with Crippen molar-refractivity contribution in [3.63, 3.8) is 0 Å². The lowest BCUT2D eigenvalue weighted by Gasteiger charge is -2.36. The fourth-order valence-corrected chi connectivity index (χ4v) is 3.32. The number of amides is 2. The number of morpholine rings is 1. The molecule has 21 heavy (non-hydrogen) atoms. The number of hydrogen-bond donors (Lipinski definition) is 1. The summed E-state index contributed by atoms with van der Waals surface area (Å²) in [6, 6.07) is 2.11. The molecule has 1 fully saturated rings. The smallest absolute Gasteiger partial charge is 0.318 e. The molecule has 116 valence electrons. The maximum Gasteiger partial charge on any atom is 0.318 e. The van der Waals surface area contributed by atoms with Crippen molar-refractivity contribution >= 4 is 6.03 Å². The summed E-state index contributed by atoms with van der Waals surface area (Å²) in [5.41, 5.74) is 1.29. The average molecular weight is 292 g/mol. The largest absolute Gasteiger partial charge is 0.466 e. The number of hydrogen-bond acceptors (Lipinski definition) is 3. The van der Waals surface area contributed by atoms with Gasteiger partial charge in [0.15, 0.2) is 0 Å². The van der Waals surface area contributed by atoms with Crippen molar-refractivity contribution in [3.05, 3.63) is 23.2 Å². The predicted molar refractivity (Wildman–Crippen MR) is 79.2 cm³/mol. The number of urea groups is 1. The van der Waals surface area contributed by atoms with Crippen molar-refractivity contribution in [2.45, 2.75) is 39.7 Å². The Morgan fingerprint density at radius 1 is 1.38 bits per heavy atom. The summed E-state index contributed by atoms with van der Waals surface area (Å²) in [5, 5.41) is 3.19. The van der Waals surface area contributed by atoms with E-state index in [1.54, 1.807) is 0 Å². The van der Waals surface area contributed by atoms with Crippen molar-refractivity contribution < 1.29 is 13.9 Å². The molecule has 2 aliphatic rings. The molecule has 0 saturated carbocycles. The van der Waals surface area contributed by atoms with Crippen LogP contribution in [0.25, 0.3) is 0 Å². The first-order valence-electron chi connectivity index (χ1n) is 7.67. The number of aryl methyl sites for hydroxylation is 1. The molecule has 0 unspecified atom stereocenters. The maximum absolute atomic E-state index is 12.4. The summed E-state index contributed by atoms with van der Waals surface area (Å²) in [4.78, 5) is 14.3. The van der Waals surface area contributed by atoms with E-state index in [-0.39, 0.29) is 17.5 Å². The molecular weight excluding hydrogens is 268 g/mol. The number of furan rings is 1. The molecule has 1 atom stereocenters. The number of nitrogens with one attached hydrogen (secondary N) is 1. The van der Waals surface area contributed by atoms with E-state index >= 15 is 0 Å². The Morgan fingerprint density at radius 2 is 2.10 bits per heavy atom. The third-order valence-corrected chi connectivity index (χ3v) is 4.33. The Balaban J connectivity index is 1.76. The van der Waals surface area contributed by atoms with Gasteiger partial charge in [-0.3, -0.25) is 0 Å². The minimum absolute atomic E-state index is 0.00537. The van der Waals surface area contributed by atoms with E-state index in [1.807, 2.05) is 11.8 Å². The molecule has 0 radical (unpaired) electrons. The van der Waals surface area contributed by atoms with Crippen LogP contribution in [0.2, 0.25) is 0 Å². The summed E-state index contributed by atoms with van der Waals surface area (Å²) in [7, 11) is 0. The first-order chi connectivity index (χ1) is 9.94. The van der Waals surface area contributed by atoms with Crippen LogP contribution in [-0.4, -0.2) is 37.2 Å². The topological polar surface area (TPSA) is 54.7 Å². The van der Waals surface area contributed by atoms with Gasteiger partial charge in [-0.1, -0.05) is 13.8 Å². The van der Waals surface area contributed by atoms with E-state index in [4.69, 9.17) is 9.15 Å². The molecule has 1 aliphatic carbocycles. The van der Waals surface area contributed by atoms with Crippen LogP contribution < -0.4 is 5.32 Å².